The molecule has 6 nitrogen and oxygen atoms in total. The van der Waals surface area contributed by atoms with E-state index >= 15 is 0 Å². The second kappa shape index (κ2) is 9.87. The third-order valence-corrected chi connectivity index (χ3v) is 5.34. The minimum Gasteiger partial charge on any atom is -0.467 e. The average Bonchev–Trinajstić information content (AvgIpc) is 3.41. The minimum absolute atomic E-state index is 0.0163. The fourth-order valence-corrected chi connectivity index (χ4v) is 3.73. The number of carbonyl (C=O) groups is 2. The maximum Gasteiger partial charge on any atom is 0.277 e. The Morgan fingerprint density at radius 1 is 1.14 bits per heavy atom. The van der Waals surface area contributed by atoms with Gasteiger partial charge in [0.1, 0.15) is 11.8 Å². The fraction of sp³-hybridized carbons (Fsp3) is 0.238. The van der Waals surface area contributed by atoms with Gasteiger partial charge < -0.3 is 20.0 Å². The molecule has 0 aliphatic rings. The highest BCUT2D eigenvalue weighted by molar-refractivity contribution is 7.10. The maximum absolute atomic E-state index is 12.5. The molecule has 3 aromatic rings. The van der Waals surface area contributed by atoms with Gasteiger partial charge in [-0.3, -0.25) is 9.59 Å². The van der Waals surface area contributed by atoms with E-state index in [0.717, 1.165) is 5.56 Å². The van der Waals surface area contributed by atoms with Crippen LogP contribution in [0.5, 0.6) is 0 Å². The van der Waals surface area contributed by atoms with Crippen LogP contribution in [0.25, 0.3) is 0 Å². The third kappa shape index (κ3) is 5.55. The summed E-state index contributed by atoms with van der Waals surface area (Å²) in [6.07, 6.45) is 1.56. The molecule has 3 rings (SSSR count). The largest absolute Gasteiger partial charge is 0.467 e. The Bertz CT molecular complexity index is 864. The van der Waals surface area contributed by atoms with Crippen LogP contribution in [0.4, 0.5) is 0 Å². The first-order valence-electron chi connectivity index (χ1n) is 9.08. The number of quaternary nitrogens is 1. The summed E-state index contributed by atoms with van der Waals surface area (Å²) in [5.41, 5.74) is 1.15. The molecule has 0 saturated heterocycles. The van der Waals surface area contributed by atoms with E-state index in [1.165, 1.54) is 9.78 Å². The molecule has 0 radical (unpaired) electrons. The van der Waals surface area contributed by atoms with Crippen LogP contribution < -0.4 is 10.6 Å². The highest BCUT2D eigenvalue weighted by atomic mass is 32.1. The first kappa shape index (κ1) is 19.9. The highest BCUT2D eigenvalue weighted by Gasteiger charge is 2.21. The number of carbonyl (C=O) groups excluding carboxylic acids is 2. The molecule has 0 aliphatic carbocycles. The molecule has 146 valence electrons. The molecular weight excluding hydrogens is 374 g/mol. The maximum atomic E-state index is 12.5. The topological polar surface area (TPSA) is 79.2 Å². The van der Waals surface area contributed by atoms with E-state index in [-0.39, 0.29) is 30.9 Å². The van der Waals surface area contributed by atoms with Gasteiger partial charge in [-0.2, -0.15) is 0 Å². The Morgan fingerprint density at radius 2 is 1.96 bits per heavy atom. The molecule has 0 aliphatic heterocycles. The van der Waals surface area contributed by atoms with E-state index in [1.807, 2.05) is 35.0 Å². The van der Waals surface area contributed by atoms with Crippen molar-refractivity contribution in [3.05, 3.63) is 82.4 Å². The second-order valence-electron chi connectivity index (χ2n) is 6.45. The van der Waals surface area contributed by atoms with Crippen molar-refractivity contribution in [1.82, 2.24) is 10.2 Å². The molecule has 1 aromatic carbocycles. The predicted molar refractivity (Wildman–Crippen MR) is 108 cm³/mol. The summed E-state index contributed by atoms with van der Waals surface area (Å²) < 4.78 is 5.18. The SMILES string of the molecule is CN(CC(=O)NCc1ccco1)C(=O)C[NH2+][C@H](c1ccccc1)c1cccs1. The van der Waals surface area contributed by atoms with Crippen molar-refractivity contribution in [2.45, 2.75) is 12.6 Å². The van der Waals surface area contributed by atoms with Gasteiger partial charge in [-0.1, -0.05) is 36.4 Å². The van der Waals surface area contributed by atoms with Gasteiger partial charge >= 0.3 is 0 Å². The van der Waals surface area contributed by atoms with Crippen LogP contribution in [0.15, 0.2) is 70.7 Å². The number of nitrogens with two attached hydrogens (primary N) is 1. The molecule has 0 saturated carbocycles. The monoisotopic (exact) mass is 398 g/mol. The summed E-state index contributed by atoms with van der Waals surface area (Å²) in [7, 11) is 1.64. The van der Waals surface area contributed by atoms with Gasteiger partial charge in [-0.15, -0.1) is 11.3 Å². The summed E-state index contributed by atoms with van der Waals surface area (Å²) in [6.45, 7) is 0.594. The summed E-state index contributed by atoms with van der Waals surface area (Å²) in [5.74, 6) is 0.369. The first-order valence-corrected chi connectivity index (χ1v) is 9.96. The Balaban J connectivity index is 1.51. The Labute approximate surface area is 168 Å². The smallest absolute Gasteiger partial charge is 0.277 e. The zero-order valence-corrected chi connectivity index (χ0v) is 16.5. The number of likely N-dealkylation sites (N-methyl/N-ethyl adjacent to an activating group) is 1. The van der Waals surface area contributed by atoms with Crippen LogP contribution >= 0.6 is 11.3 Å². The van der Waals surface area contributed by atoms with Gasteiger partial charge in [0.15, 0.2) is 6.54 Å². The molecule has 3 N–H and O–H groups in total. The second-order valence-corrected chi connectivity index (χ2v) is 7.43. The minimum atomic E-state index is -0.217. The number of benzene rings is 1. The van der Waals surface area contributed by atoms with Gasteiger partial charge in [0.2, 0.25) is 5.91 Å². The molecule has 0 spiro atoms. The van der Waals surface area contributed by atoms with Crippen molar-refractivity contribution >= 4 is 23.2 Å². The number of furan rings is 1. The van der Waals surface area contributed by atoms with Gasteiger partial charge in [0.05, 0.1) is 24.2 Å². The standard InChI is InChI=1S/C21H23N3O3S/c1-24(15-19(25)22-13-17-9-5-11-27-17)20(26)14-23-21(18-10-6-12-28-18)16-7-3-2-4-8-16/h2-12,21,23H,13-15H2,1H3,(H,22,25)/p+1/t21-/m1/s1. The Morgan fingerprint density at radius 3 is 2.64 bits per heavy atom. The van der Waals surface area contributed by atoms with E-state index in [0.29, 0.717) is 12.3 Å². The zero-order chi connectivity index (χ0) is 19.8. The van der Waals surface area contributed by atoms with Crippen LogP contribution in [-0.2, 0) is 16.1 Å². The molecule has 2 amide bonds. The summed E-state index contributed by atoms with van der Waals surface area (Å²) in [6, 6.07) is 17.8. The first-order chi connectivity index (χ1) is 13.6. The summed E-state index contributed by atoms with van der Waals surface area (Å²) in [4.78, 5) is 27.2. The lowest BCUT2D eigenvalue weighted by Gasteiger charge is -2.19. The van der Waals surface area contributed by atoms with Crippen molar-refractivity contribution in [1.29, 1.82) is 0 Å². The van der Waals surface area contributed by atoms with Crippen LogP contribution in [0.1, 0.15) is 22.2 Å². The molecule has 2 heterocycles. The van der Waals surface area contributed by atoms with Crippen molar-refractivity contribution in [3.8, 4) is 0 Å². The molecular formula is C21H24N3O3S+. The summed E-state index contributed by atoms with van der Waals surface area (Å²) >= 11 is 1.67. The van der Waals surface area contributed by atoms with Crippen molar-refractivity contribution in [3.63, 3.8) is 0 Å². The molecule has 7 heteroatoms. The van der Waals surface area contributed by atoms with E-state index in [2.05, 4.69) is 23.5 Å². The van der Waals surface area contributed by atoms with Gasteiger partial charge in [-0.25, -0.2) is 0 Å². The number of thiophene rings is 1. The number of rotatable bonds is 9. The van der Waals surface area contributed by atoms with Crippen LogP contribution in [0, 0.1) is 0 Å². The summed E-state index contributed by atoms with van der Waals surface area (Å²) in [5, 5.41) is 6.80. The lowest BCUT2D eigenvalue weighted by molar-refractivity contribution is -0.676. The molecule has 0 unspecified atom stereocenters. The van der Waals surface area contributed by atoms with E-state index in [4.69, 9.17) is 4.42 Å². The third-order valence-electron chi connectivity index (χ3n) is 4.38. The quantitative estimate of drug-likeness (QED) is 0.577. The van der Waals surface area contributed by atoms with Gasteiger partial charge in [-0.05, 0) is 23.6 Å². The molecule has 1 atom stereocenters. The van der Waals surface area contributed by atoms with Gasteiger partial charge in [0.25, 0.3) is 5.91 Å². The van der Waals surface area contributed by atoms with Crippen LogP contribution in [0.3, 0.4) is 0 Å². The Kier molecular flexibility index (Phi) is 7.00. The zero-order valence-electron chi connectivity index (χ0n) is 15.7. The van der Waals surface area contributed by atoms with Gasteiger partial charge in [0, 0.05) is 12.6 Å². The normalized spacial score (nSPS) is 11.8. The van der Waals surface area contributed by atoms with E-state index < -0.39 is 0 Å². The Hall–Kier alpha value is -2.90. The van der Waals surface area contributed by atoms with Crippen LogP contribution in [0.2, 0.25) is 0 Å². The number of hydrogen-bond donors (Lipinski definition) is 2. The molecule has 2 aromatic heterocycles. The van der Waals surface area contributed by atoms with Crippen molar-refractivity contribution < 1.29 is 19.3 Å². The lowest BCUT2D eigenvalue weighted by atomic mass is 10.1. The highest BCUT2D eigenvalue weighted by Crippen LogP contribution is 2.22. The van der Waals surface area contributed by atoms with Crippen molar-refractivity contribution in [2.24, 2.45) is 0 Å². The van der Waals surface area contributed by atoms with Crippen LogP contribution in [-0.4, -0.2) is 36.9 Å². The van der Waals surface area contributed by atoms with E-state index in [9.17, 15) is 9.59 Å². The molecule has 0 fully saturated rings. The number of hydrogen-bond acceptors (Lipinski definition) is 4. The number of nitrogens with one attached hydrogen (secondary N) is 1. The molecule has 0 bridgehead atoms. The van der Waals surface area contributed by atoms with E-state index in [1.54, 1.807) is 36.8 Å². The average molecular weight is 399 g/mol. The van der Waals surface area contributed by atoms with Crippen molar-refractivity contribution in [2.75, 3.05) is 20.1 Å². The fourth-order valence-electron chi connectivity index (χ4n) is 2.88. The number of amides is 2. The number of nitrogens with zero attached hydrogens (tertiary/aromatic N) is 1. The lowest BCUT2D eigenvalue weighted by Crippen LogP contribution is -2.87. The molecule has 28 heavy (non-hydrogen) atoms. The predicted octanol–water partition coefficient (Wildman–Crippen LogP) is 1.77.